The first-order valence-electron chi connectivity index (χ1n) is 9.42. The van der Waals surface area contributed by atoms with E-state index in [9.17, 15) is 14.4 Å². The van der Waals surface area contributed by atoms with Crippen LogP contribution in [0.5, 0.6) is 5.75 Å². The van der Waals surface area contributed by atoms with Gasteiger partial charge < -0.3 is 23.9 Å². The fourth-order valence-electron chi connectivity index (χ4n) is 2.88. The molecule has 1 N–H and O–H groups in total. The molecular formula is C23H20ClNO7. The van der Waals surface area contributed by atoms with Gasteiger partial charge in [-0.25, -0.2) is 9.59 Å². The van der Waals surface area contributed by atoms with Crippen LogP contribution in [0.15, 0.2) is 52.9 Å². The smallest absolute Gasteiger partial charge is 0.337 e. The lowest BCUT2D eigenvalue weighted by Gasteiger charge is -2.09. The van der Waals surface area contributed by atoms with Gasteiger partial charge in [0.2, 0.25) is 0 Å². The third-order valence-corrected chi connectivity index (χ3v) is 4.74. The van der Waals surface area contributed by atoms with E-state index in [0.29, 0.717) is 16.5 Å². The van der Waals surface area contributed by atoms with Crippen molar-refractivity contribution in [3.05, 3.63) is 81.8 Å². The summed E-state index contributed by atoms with van der Waals surface area (Å²) >= 11 is 6.15. The minimum absolute atomic E-state index is 0.0163. The molecule has 0 aliphatic rings. The number of halogens is 1. The zero-order valence-corrected chi connectivity index (χ0v) is 18.3. The zero-order chi connectivity index (χ0) is 23.3. The number of carbonyl (C=O) groups excluding carboxylic acids is 3. The maximum Gasteiger partial charge on any atom is 0.337 e. The Morgan fingerprint density at radius 3 is 2.22 bits per heavy atom. The van der Waals surface area contributed by atoms with Crippen molar-refractivity contribution in [1.29, 1.82) is 0 Å². The Kier molecular flexibility index (Phi) is 7.17. The normalized spacial score (nSPS) is 10.4. The highest BCUT2D eigenvalue weighted by atomic mass is 35.5. The van der Waals surface area contributed by atoms with Crippen LogP contribution in [0.2, 0.25) is 5.02 Å². The fraction of sp³-hybridized carbons (Fsp3) is 0.174. The third kappa shape index (κ3) is 5.28. The van der Waals surface area contributed by atoms with Gasteiger partial charge >= 0.3 is 11.9 Å². The van der Waals surface area contributed by atoms with Crippen molar-refractivity contribution in [2.75, 3.05) is 19.5 Å². The van der Waals surface area contributed by atoms with E-state index < -0.39 is 17.8 Å². The van der Waals surface area contributed by atoms with Gasteiger partial charge in [0.05, 0.1) is 30.4 Å². The van der Waals surface area contributed by atoms with Crippen LogP contribution in [0.25, 0.3) is 0 Å². The molecule has 32 heavy (non-hydrogen) atoms. The highest BCUT2D eigenvalue weighted by Gasteiger charge is 2.17. The van der Waals surface area contributed by atoms with Gasteiger partial charge in [-0.05, 0) is 48.9 Å². The molecule has 3 rings (SSSR count). The van der Waals surface area contributed by atoms with E-state index in [1.54, 1.807) is 12.1 Å². The van der Waals surface area contributed by atoms with Crippen LogP contribution in [0.1, 0.15) is 42.6 Å². The quantitative estimate of drug-likeness (QED) is 0.515. The van der Waals surface area contributed by atoms with Crippen LogP contribution >= 0.6 is 11.6 Å². The molecule has 8 nitrogen and oxygen atoms in total. The second kappa shape index (κ2) is 10.0. The summed E-state index contributed by atoms with van der Waals surface area (Å²) in [5.41, 5.74) is 1.22. The lowest BCUT2D eigenvalue weighted by atomic mass is 10.1. The molecule has 0 fully saturated rings. The van der Waals surface area contributed by atoms with E-state index in [1.165, 1.54) is 38.5 Å². The first kappa shape index (κ1) is 22.9. The first-order valence-corrected chi connectivity index (χ1v) is 9.80. The minimum Gasteiger partial charge on any atom is -0.484 e. The van der Waals surface area contributed by atoms with Gasteiger partial charge in [-0.2, -0.15) is 0 Å². The van der Waals surface area contributed by atoms with E-state index in [2.05, 4.69) is 14.8 Å². The summed E-state index contributed by atoms with van der Waals surface area (Å²) in [7, 11) is 2.42. The summed E-state index contributed by atoms with van der Waals surface area (Å²) in [5.74, 6) is -0.956. The topological polar surface area (TPSA) is 104 Å². The van der Waals surface area contributed by atoms with Crippen LogP contribution in [0.3, 0.4) is 0 Å². The number of hydrogen-bond acceptors (Lipinski definition) is 7. The number of carbonyl (C=O) groups is 3. The summed E-state index contributed by atoms with van der Waals surface area (Å²) < 4.78 is 20.6. The molecule has 9 heteroatoms. The number of hydrogen-bond donors (Lipinski definition) is 1. The van der Waals surface area contributed by atoms with E-state index in [4.69, 9.17) is 20.8 Å². The molecule has 1 heterocycles. The number of nitrogens with one attached hydrogen (secondary N) is 1. The van der Waals surface area contributed by atoms with Gasteiger partial charge in [0.15, 0.2) is 5.76 Å². The predicted octanol–water partition coefficient (Wildman–Crippen LogP) is 4.65. The van der Waals surface area contributed by atoms with Gasteiger partial charge in [-0.15, -0.1) is 0 Å². The van der Waals surface area contributed by atoms with Crippen LogP contribution in [0.4, 0.5) is 5.69 Å². The van der Waals surface area contributed by atoms with Crippen molar-refractivity contribution in [3.8, 4) is 5.75 Å². The number of anilines is 1. The van der Waals surface area contributed by atoms with Crippen LogP contribution in [-0.4, -0.2) is 32.1 Å². The number of aryl methyl sites for hydroxylation is 1. The Bertz CT molecular complexity index is 1110. The monoisotopic (exact) mass is 457 g/mol. The van der Waals surface area contributed by atoms with Crippen LogP contribution in [0, 0.1) is 6.92 Å². The second-order valence-electron chi connectivity index (χ2n) is 6.68. The molecule has 166 valence electrons. The Hall–Kier alpha value is -3.78. The standard InChI is InChI=1S/C23H20ClNO7/c1-13-5-4-6-18(24)20(13)31-12-17-7-8-19(32-17)21(26)25-16-10-14(22(27)29-2)9-15(11-16)23(28)30-3/h4-11H,12H2,1-3H3,(H,25,26). The largest absolute Gasteiger partial charge is 0.484 e. The number of ether oxygens (including phenoxy) is 3. The lowest BCUT2D eigenvalue weighted by molar-refractivity contribution is 0.0599. The second-order valence-corrected chi connectivity index (χ2v) is 7.08. The van der Waals surface area contributed by atoms with Gasteiger partial charge in [-0.3, -0.25) is 4.79 Å². The molecule has 0 atom stereocenters. The summed E-state index contributed by atoms with van der Waals surface area (Å²) in [4.78, 5) is 36.4. The number of rotatable bonds is 7. The molecule has 0 aliphatic heterocycles. The number of benzene rings is 2. The zero-order valence-electron chi connectivity index (χ0n) is 17.6. The SMILES string of the molecule is COC(=O)c1cc(NC(=O)c2ccc(COc3c(C)cccc3Cl)o2)cc(C(=O)OC)c1. The molecule has 0 radical (unpaired) electrons. The fourth-order valence-corrected chi connectivity index (χ4v) is 3.16. The van der Waals surface area contributed by atoms with E-state index in [-0.39, 0.29) is 29.2 Å². The van der Waals surface area contributed by atoms with Gasteiger partial charge in [0.25, 0.3) is 5.91 Å². The summed E-state index contributed by atoms with van der Waals surface area (Å²) in [6.07, 6.45) is 0. The number of esters is 2. The molecule has 1 aromatic heterocycles. The maximum atomic E-state index is 12.6. The minimum atomic E-state index is -0.668. The number of para-hydroxylation sites is 1. The van der Waals surface area contributed by atoms with Crippen molar-refractivity contribution in [3.63, 3.8) is 0 Å². The van der Waals surface area contributed by atoms with E-state index >= 15 is 0 Å². The average Bonchev–Trinajstić information content (AvgIpc) is 3.26. The van der Waals surface area contributed by atoms with Crippen molar-refractivity contribution >= 4 is 35.1 Å². The molecule has 0 saturated heterocycles. The highest BCUT2D eigenvalue weighted by Crippen LogP contribution is 2.29. The molecule has 0 saturated carbocycles. The van der Waals surface area contributed by atoms with Crippen LogP contribution < -0.4 is 10.1 Å². The third-order valence-electron chi connectivity index (χ3n) is 4.44. The van der Waals surface area contributed by atoms with E-state index in [1.807, 2.05) is 19.1 Å². The summed E-state index contributed by atoms with van der Waals surface area (Å²) in [6.45, 7) is 1.94. The Labute approximate surface area is 189 Å². The van der Waals surface area contributed by atoms with Gasteiger partial charge in [0, 0.05) is 5.69 Å². The maximum absolute atomic E-state index is 12.6. The molecule has 0 bridgehead atoms. The molecule has 3 aromatic rings. The molecule has 1 amide bonds. The lowest BCUT2D eigenvalue weighted by Crippen LogP contribution is -2.13. The van der Waals surface area contributed by atoms with Crippen LogP contribution in [-0.2, 0) is 16.1 Å². The molecule has 0 spiro atoms. The molecule has 0 unspecified atom stereocenters. The van der Waals surface area contributed by atoms with Crippen molar-refractivity contribution in [2.24, 2.45) is 0 Å². The Balaban J connectivity index is 1.74. The average molecular weight is 458 g/mol. The number of methoxy groups -OCH3 is 2. The van der Waals surface area contributed by atoms with E-state index in [0.717, 1.165) is 5.56 Å². The number of amides is 1. The van der Waals surface area contributed by atoms with Crippen molar-refractivity contribution in [2.45, 2.75) is 13.5 Å². The Morgan fingerprint density at radius 2 is 1.62 bits per heavy atom. The predicted molar refractivity (Wildman–Crippen MR) is 116 cm³/mol. The number of furan rings is 1. The molecule has 2 aromatic carbocycles. The molecule has 0 aliphatic carbocycles. The van der Waals surface area contributed by atoms with Crippen molar-refractivity contribution in [1.82, 2.24) is 0 Å². The molecular weight excluding hydrogens is 438 g/mol. The Morgan fingerprint density at radius 1 is 0.969 bits per heavy atom. The van der Waals surface area contributed by atoms with Gasteiger partial charge in [-0.1, -0.05) is 23.7 Å². The highest BCUT2D eigenvalue weighted by molar-refractivity contribution is 6.32. The summed E-state index contributed by atoms with van der Waals surface area (Å²) in [6, 6.07) is 12.6. The van der Waals surface area contributed by atoms with Crippen molar-refractivity contribution < 1.29 is 33.0 Å². The summed E-state index contributed by atoms with van der Waals surface area (Å²) in [5, 5.41) is 3.07. The van der Waals surface area contributed by atoms with Gasteiger partial charge in [0.1, 0.15) is 18.1 Å². The first-order chi connectivity index (χ1) is 15.3.